The minimum atomic E-state index is -0.973. The fourth-order valence-corrected chi connectivity index (χ4v) is 1.13. The van der Waals surface area contributed by atoms with E-state index < -0.39 is 5.97 Å². The lowest BCUT2D eigenvalue weighted by atomic mass is 10.0. The van der Waals surface area contributed by atoms with Crippen molar-refractivity contribution < 1.29 is 15.0 Å². The van der Waals surface area contributed by atoms with Gasteiger partial charge in [-0.2, -0.15) is 0 Å². The van der Waals surface area contributed by atoms with Crippen molar-refractivity contribution in [1.29, 1.82) is 0 Å². The molecule has 1 aromatic rings. The van der Waals surface area contributed by atoms with Gasteiger partial charge in [0.25, 0.3) is 0 Å². The Morgan fingerprint density at radius 3 is 2.79 bits per heavy atom. The Morgan fingerprint density at radius 2 is 2.21 bits per heavy atom. The number of carboxylic acid groups (broad SMARTS) is 1. The van der Waals surface area contributed by atoms with Crippen LogP contribution in [0.3, 0.4) is 0 Å². The van der Waals surface area contributed by atoms with Gasteiger partial charge in [0.05, 0.1) is 6.61 Å². The third kappa shape index (κ3) is 2.71. The first-order valence-electron chi connectivity index (χ1n) is 4.25. The van der Waals surface area contributed by atoms with Crippen LogP contribution in [0.15, 0.2) is 24.3 Å². The number of rotatable bonds is 3. The second kappa shape index (κ2) is 4.58. The van der Waals surface area contributed by atoms with Gasteiger partial charge in [0.1, 0.15) is 0 Å². The van der Waals surface area contributed by atoms with Crippen LogP contribution in [0.4, 0.5) is 0 Å². The van der Waals surface area contributed by atoms with E-state index in [4.69, 9.17) is 10.2 Å². The van der Waals surface area contributed by atoms with Crippen LogP contribution < -0.4 is 0 Å². The fourth-order valence-electron chi connectivity index (χ4n) is 1.13. The van der Waals surface area contributed by atoms with Gasteiger partial charge in [0, 0.05) is 6.08 Å². The maximum atomic E-state index is 10.3. The van der Waals surface area contributed by atoms with E-state index in [-0.39, 0.29) is 6.61 Å². The molecule has 14 heavy (non-hydrogen) atoms. The van der Waals surface area contributed by atoms with Crippen LogP contribution in [0, 0.1) is 6.92 Å². The molecule has 0 unspecified atom stereocenters. The molecule has 3 nitrogen and oxygen atoms in total. The zero-order valence-corrected chi connectivity index (χ0v) is 7.90. The molecule has 0 heterocycles. The maximum absolute atomic E-state index is 10.3. The first-order chi connectivity index (χ1) is 6.63. The maximum Gasteiger partial charge on any atom is 0.328 e. The molecule has 0 aliphatic rings. The van der Waals surface area contributed by atoms with E-state index >= 15 is 0 Å². The van der Waals surface area contributed by atoms with E-state index in [1.54, 1.807) is 6.07 Å². The van der Waals surface area contributed by atoms with Gasteiger partial charge in [-0.1, -0.05) is 12.1 Å². The van der Waals surface area contributed by atoms with Crippen molar-refractivity contribution in [3.63, 3.8) is 0 Å². The lowest BCUT2D eigenvalue weighted by Crippen LogP contribution is -1.89. The summed E-state index contributed by atoms with van der Waals surface area (Å²) >= 11 is 0. The summed E-state index contributed by atoms with van der Waals surface area (Å²) in [6.45, 7) is 1.86. The summed E-state index contributed by atoms with van der Waals surface area (Å²) in [5.74, 6) is -0.973. The number of carboxylic acids is 1. The minimum absolute atomic E-state index is 0.0335. The van der Waals surface area contributed by atoms with Crippen molar-refractivity contribution in [2.75, 3.05) is 0 Å². The molecule has 0 fully saturated rings. The van der Waals surface area contributed by atoms with Gasteiger partial charge in [-0.25, -0.2) is 4.79 Å². The molecule has 0 saturated carbocycles. The molecule has 0 amide bonds. The fraction of sp³-hybridized carbons (Fsp3) is 0.182. The van der Waals surface area contributed by atoms with E-state index in [2.05, 4.69) is 0 Å². The molecule has 0 spiro atoms. The molecule has 2 N–H and O–H groups in total. The number of hydrogen-bond donors (Lipinski definition) is 2. The third-order valence-corrected chi connectivity index (χ3v) is 1.93. The Hall–Kier alpha value is -1.61. The van der Waals surface area contributed by atoms with Crippen LogP contribution in [0.5, 0.6) is 0 Å². The number of benzene rings is 1. The van der Waals surface area contributed by atoms with Crippen molar-refractivity contribution in [2.45, 2.75) is 13.5 Å². The predicted octanol–water partition coefficient (Wildman–Crippen LogP) is 1.59. The summed E-state index contributed by atoms with van der Waals surface area (Å²) in [5.41, 5.74) is 2.58. The minimum Gasteiger partial charge on any atom is -0.478 e. The van der Waals surface area contributed by atoms with Crippen LogP contribution >= 0.6 is 0 Å². The molecule has 0 aromatic heterocycles. The standard InChI is InChI=1S/C11H12O3/c1-8-2-3-9(7-12)6-10(8)4-5-11(13)14/h2-6,12H,7H2,1H3,(H,13,14). The zero-order chi connectivity index (χ0) is 10.6. The lowest BCUT2D eigenvalue weighted by Gasteiger charge is -2.02. The molecule has 0 saturated heterocycles. The highest BCUT2D eigenvalue weighted by Gasteiger charge is 1.97. The molecule has 0 atom stereocenters. The van der Waals surface area contributed by atoms with Crippen molar-refractivity contribution in [1.82, 2.24) is 0 Å². The van der Waals surface area contributed by atoms with Crippen LogP contribution in [-0.2, 0) is 11.4 Å². The first-order valence-corrected chi connectivity index (χ1v) is 4.25. The Bertz CT molecular complexity index is 367. The highest BCUT2D eigenvalue weighted by atomic mass is 16.4. The van der Waals surface area contributed by atoms with Gasteiger partial charge in [0.15, 0.2) is 0 Å². The number of aliphatic hydroxyl groups excluding tert-OH is 1. The summed E-state index contributed by atoms with van der Waals surface area (Å²) in [6.07, 6.45) is 2.61. The molecule has 0 bridgehead atoms. The van der Waals surface area contributed by atoms with Crippen molar-refractivity contribution in [3.8, 4) is 0 Å². The zero-order valence-electron chi connectivity index (χ0n) is 7.90. The summed E-state index contributed by atoms with van der Waals surface area (Å²) < 4.78 is 0. The van der Waals surface area contributed by atoms with Crippen molar-refractivity contribution in [2.24, 2.45) is 0 Å². The molecule has 1 rings (SSSR count). The van der Waals surface area contributed by atoms with E-state index in [1.165, 1.54) is 6.08 Å². The highest BCUT2D eigenvalue weighted by molar-refractivity contribution is 5.85. The number of aryl methyl sites for hydroxylation is 1. The van der Waals surface area contributed by atoms with E-state index in [9.17, 15) is 4.79 Å². The third-order valence-electron chi connectivity index (χ3n) is 1.93. The average Bonchev–Trinajstić information content (AvgIpc) is 2.16. The van der Waals surface area contributed by atoms with Gasteiger partial charge in [0.2, 0.25) is 0 Å². The Morgan fingerprint density at radius 1 is 1.50 bits per heavy atom. The van der Waals surface area contributed by atoms with Crippen molar-refractivity contribution in [3.05, 3.63) is 41.0 Å². The Labute approximate surface area is 82.3 Å². The van der Waals surface area contributed by atoms with Gasteiger partial charge in [-0.15, -0.1) is 0 Å². The average molecular weight is 192 g/mol. The molecular formula is C11H12O3. The molecule has 0 aliphatic heterocycles. The normalized spacial score (nSPS) is 10.7. The molecule has 0 aliphatic carbocycles. The highest BCUT2D eigenvalue weighted by Crippen LogP contribution is 2.12. The monoisotopic (exact) mass is 192 g/mol. The SMILES string of the molecule is Cc1ccc(CO)cc1C=CC(=O)O. The number of aliphatic carboxylic acids is 1. The largest absolute Gasteiger partial charge is 0.478 e. The van der Waals surface area contributed by atoms with Gasteiger partial charge >= 0.3 is 5.97 Å². The number of carbonyl (C=O) groups is 1. The van der Waals surface area contributed by atoms with Crippen LogP contribution in [0.25, 0.3) is 6.08 Å². The quantitative estimate of drug-likeness (QED) is 0.715. The molecule has 3 heteroatoms. The lowest BCUT2D eigenvalue weighted by molar-refractivity contribution is -0.131. The first kappa shape index (κ1) is 10.5. The van der Waals surface area contributed by atoms with E-state index in [0.717, 1.165) is 22.8 Å². The number of aliphatic hydroxyl groups is 1. The Balaban J connectivity index is 3.00. The summed E-state index contributed by atoms with van der Waals surface area (Å²) in [5, 5.41) is 17.3. The van der Waals surface area contributed by atoms with Crippen molar-refractivity contribution >= 4 is 12.0 Å². The van der Waals surface area contributed by atoms with E-state index in [0.29, 0.717) is 0 Å². The van der Waals surface area contributed by atoms with Crippen LogP contribution in [0.1, 0.15) is 16.7 Å². The second-order valence-electron chi connectivity index (χ2n) is 3.02. The van der Waals surface area contributed by atoms with Crippen LogP contribution in [-0.4, -0.2) is 16.2 Å². The van der Waals surface area contributed by atoms with Gasteiger partial charge in [-0.05, 0) is 35.8 Å². The van der Waals surface area contributed by atoms with Crippen LogP contribution in [0.2, 0.25) is 0 Å². The van der Waals surface area contributed by atoms with Gasteiger partial charge in [-0.3, -0.25) is 0 Å². The summed E-state index contributed by atoms with van der Waals surface area (Å²) in [4.78, 5) is 10.3. The molecule has 74 valence electrons. The molecule has 0 radical (unpaired) electrons. The van der Waals surface area contributed by atoms with Gasteiger partial charge < -0.3 is 10.2 Å². The summed E-state index contributed by atoms with van der Waals surface area (Å²) in [7, 11) is 0. The van der Waals surface area contributed by atoms with E-state index in [1.807, 2.05) is 19.1 Å². The Kier molecular flexibility index (Phi) is 3.42. The second-order valence-corrected chi connectivity index (χ2v) is 3.02. The predicted molar refractivity (Wildman–Crippen MR) is 53.8 cm³/mol. The number of hydrogen-bond acceptors (Lipinski definition) is 2. The molecule has 1 aromatic carbocycles. The topological polar surface area (TPSA) is 57.5 Å². The summed E-state index contributed by atoms with van der Waals surface area (Å²) in [6, 6.07) is 5.44. The molecular weight excluding hydrogens is 180 g/mol. The smallest absolute Gasteiger partial charge is 0.328 e.